The molecule has 31 heavy (non-hydrogen) atoms. The van der Waals surface area contributed by atoms with Crippen molar-refractivity contribution in [2.75, 3.05) is 4.90 Å². The average Bonchev–Trinajstić information content (AvgIpc) is 3.34. The SMILES string of the molecule is Cc1nnc(N2C(=O)C(=O)C(=C(O)c3ccccc3)[C@@H]2c2cccc3ccccc23)s1. The first-order valence-corrected chi connectivity index (χ1v) is 10.5. The van der Waals surface area contributed by atoms with Gasteiger partial charge in [-0.25, -0.2) is 0 Å². The predicted octanol–water partition coefficient (Wildman–Crippen LogP) is 4.63. The highest BCUT2D eigenvalue weighted by molar-refractivity contribution is 7.15. The molecule has 0 aliphatic carbocycles. The molecule has 1 aromatic heterocycles. The molecule has 0 saturated carbocycles. The van der Waals surface area contributed by atoms with Gasteiger partial charge in [-0.2, -0.15) is 0 Å². The summed E-state index contributed by atoms with van der Waals surface area (Å²) in [7, 11) is 0. The van der Waals surface area contributed by atoms with E-state index >= 15 is 0 Å². The van der Waals surface area contributed by atoms with E-state index in [1.165, 1.54) is 16.2 Å². The van der Waals surface area contributed by atoms with Gasteiger partial charge in [0.25, 0.3) is 5.78 Å². The van der Waals surface area contributed by atoms with E-state index in [-0.39, 0.29) is 11.3 Å². The third-order valence-corrected chi connectivity index (χ3v) is 6.17. The standard InChI is InChI=1S/C24H17N3O3S/c1-14-25-26-24(31-14)27-20(18-13-7-11-15-8-5-6-12-17(15)18)19(22(29)23(27)30)21(28)16-9-3-2-4-10-16/h2-13,20,28H,1H3/t20-/m0/s1. The van der Waals surface area contributed by atoms with Crippen molar-refractivity contribution in [3.05, 3.63) is 94.5 Å². The lowest BCUT2D eigenvalue weighted by atomic mass is 9.92. The number of anilines is 1. The molecule has 5 rings (SSSR count). The fourth-order valence-electron chi connectivity index (χ4n) is 3.95. The Balaban J connectivity index is 1.81. The van der Waals surface area contributed by atoms with Crippen LogP contribution in [0.3, 0.4) is 0 Å². The Kier molecular flexibility index (Phi) is 4.60. The maximum Gasteiger partial charge on any atom is 0.301 e. The molecule has 1 N–H and O–H groups in total. The van der Waals surface area contributed by atoms with Gasteiger partial charge in [-0.1, -0.05) is 84.1 Å². The van der Waals surface area contributed by atoms with Crippen LogP contribution in [-0.2, 0) is 9.59 Å². The van der Waals surface area contributed by atoms with E-state index < -0.39 is 17.7 Å². The molecule has 152 valence electrons. The van der Waals surface area contributed by atoms with Crippen LogP contribution in [0.4, 0.5) is 5.13 Å². The smallest absolute Gasteiger partial charge is 0.301 e. The average molecular weight is 427 g/mol. The summed E-state index contributed by atoms with van der Waals surface area (Å²) < 4.78 is 0. The van der Waals surface area contributed by atoms with Crippen molar-refractivity contribution in [1.82, 2.24) is 10.2 Å². The first-order chi connectivity index (χ1) is 15.1. The van der Waals surface area contributed by atoms with Gasteiger partial charge < -0.3 is 5.11 Å². The highest BCUT2D eigenvalue weighted by Crippen LogP contribution is 2.44. The van der Waals surface area contributed by atoms with E-state index in [0.29, 0.717) is 15.7 Å². The van der Waals surface area contributed by atoms with Crippen molar-refractivity contribution in [1.29, 1.82) is 0 Å². The lowest BCUT2D eigenvalue weighted by Gasteiger charge is -2.24. The molecule has 2 heterocycles. The van der Waals surface area contributed by atoms with Crippen molar-refractivity contribution in [2.45, 2.75) is 13.0 Å². The van der Waals surface area contributed by atoms with Crippen molar-refractivity contribution in [3.63, 3.8) is 0 Å². The van der Waals surface area contributed by atoms with Crippen molar-refractivity contribution >= 4 is 44.7 Å². The minimum absolute atomic E-state index is 0.0420. The third kappa shape index (κ3) is 3.10. The molecule has 6 nitrogen and oxygen atoms in total. The zero-order chi connectivity index (χ0) is 21.5. The van der Waals surface area contributed by atoms with E-state index in [2.05, 4.69) is 10.2 Å². The van der Waals surface area contributed by atoms with Crippen LogP contribution in [0.5, 0.6) is 0 Å². The fourth-order valence-corrected chi connectivity index (χ4v) is 4.66. The zero-order valence-corrected chi connectivity index (χ0v) is 17.3. The molecule has 4 aromatic rings. The van der Waals surface area contributed by atoms with Gasteiger partial charge >= 0.3 is 5.91 Å². The van der Waals surface area contributed by atoms with Crippen LogP contribution >= 0.6 is 11.3 Å². The summed E-state index contributed by atoms with van der Waals surface area (Å²) in [6.07, 6.45) is 0. The second-order valence-electron chi connectivity index (χ2n) is 7.21. The molecular weight excluding hydrogens is 410 g/mol. The topological polar surface area (TPSA) is 83.4 Å². The number of carbonyl (C=O) groups is 2. The summed E-state index contributed by atoms with van der Waals surface area (Å²) in [5.41, 5.74) is 1.25. The quantitative estimate of drug-likeness (QED) is 0.293. The molecule has 1 aliphatic rings. The number of amides is 1. The summed E-state index contributed by atoms with van der Waals surface area (Å²) >= 11 is 1.23. The molecule has 1 atom stereocenters. The number of aliphatic hydroxyl groups excluding tert-OH is 1. The monoisotopic (exact) mass is 427 g/mol. The normalized spacial score (nSPS) is 18.1. The van der Waals surface area contributed by atoms with Gasteiger partial charge in [0.15, 0.2) is 0 Å². The highest BCUT2D eigenvalue weighted by atomic mass is 32.1. The van der Waals surface area contributed by atoms with E-state index in [0.717, 1.165) is 16.3 Å². The Labute approximate surface area is 182 Å². The number of aryl methyl sites for hydroxylation is 1. The highest BCUT2D eigenvalue weighted by Gasteiger charge is 2.48. The van der Waals surface area contributed by atoms with Crippen LogP contribution < -0.4 is 4.90 Å². The van der Waals surface area contributed by atoms with Crippen LogP contribution in [0.15, 0.2) is 78.4 Å². The van der Waals surface area contributed by atoms with Crippen LogP contribution in [0.1, 0.15) is 22.2 Å². The number of nitrogens with zero attached hydrogens (tertiary/aromatic N) is 3. The van der Waals surface area contributed by atoms with Crippen LogP contribution in [0.2, 0.25) is 0 Å². The van der Waals surface area contributed by atoms with Crippen molar-refractivity contribution < 1.29 is 14.7 Å². The second-order valence-corrected chi connectivity index (χ2v) is 8.37. The number of hydrogen-bond donors (Lipinski definition) is 1. The molecule has 1 saturated heterocycles. The number of carbonyl (C=O) groups excluding carboxylic acids is 2. The largest absolute Gasteiger partial charge is 0.507 e. The van der Waals surface area contributed by atoms with E-state index in [9.17, 15) is 14.7 Å². The van der Waals surface area contributed by atoms with Crippen LogP contribution in [0, 0.1) is 6.92 Å². The Morgan fingerprint density at radius 1 is 0.935 bits per heavy atom. The number of hydrogen-bond acceptors (Lipinski definition) is 6. The fraction of sp³-hybridized carbons (Fsp3) is 0.0833. The Morgan fingerprint density at radius 2 is 1.65 bits per heavy atom. The second kappa shape index (κ2) is 7.45. The molecule has 1 amide bonds. The Hall–Kier alpha value is -3.84. The van der Waals surface area contributed by atoms with Gasteiger partial charge in [0.1, 0.15) is 10.8 Å². The van der Waals surface area contributed by atoms with Gasteiger partial charge in [-0.15, -0.1) is 10.2 Å². The van der Waals surface area contributed by atoms with Gasteiger partial charge in [-0.05, 0) is 23.3 Å². The first-order valence-electron chi connectivity index (χ1n) is 9.70. The first kappa shape index (κ1) is 19.1. The summed E-state index contributed by atoms with van der Waals surface area (Å²) in [6.45, 7) is 1.79. The molecule has 0 spiro atoms. The minimum atomic E-state index is -0.821. The molecule has 0 unspecified atom stereocenters. The lowest BCUT2D eigenvalue weighted by molar-refractivity contribution is -0.132. The number of aromatic nitrogens is 2. The maximum absolute atomic E-state index is 13.2. The zero-order valence-electron chi connectivity index (χ0n) is 16.5. The number of fused-ring (bicyclic) bond motifs is 1. The maximum atomic E-state index is 13.2. The number of Topliss-reactive ketones (excluding diaryl/α,β-unsaturated/α-hetero) is 1. The number of ketones is 1. The predicted molar refractivity (Wildman–Crippen MR) is 120 cm³/mol. The van der Waals surface area contributed by atoms with E-state index in [1.54, 1.807) is 31.2 Å². The van der Waals surface area contributed by atoms with E-state index in [1.807, 2.05) is 48.5 Å². The summed E-state index contributed by atoms with van der Waals surface area (Å²) in [5.74, 6) is -1.68. The molecular formula is C24H17N3O3S. The summed E-state index contributed by atoms with van der Waals surface area (Å²) in [4.78, 5) is 27.7. The van der Waals surface area contributed by atoms with Gasteiger partial charge in [0.2, 0.25) is 5.13 Å². The van der Waals surface area contributed by atoms with Gasteiger partial charge in [-0.3, -0.25) is 14.5 Å². The third-order valence-electron chi connectivity index (χ3n) is 5.33. The van der Waals surface area contributed by atoms with Gasteiger partial charge in [0.05, 0.1) is 11.6 Å². The number of benzene rings is 3. The van der Waals surface area contributed by atoms with Crippen molar-refractivity contribution in [3.8, 4) is 0 Å². The number of rotatable bonds is 3. The molecule has 0 bridgehead atoms. The van der Waals surface area contributed by atoms with E-state index in [4.69, 9.17) is 0 Å². The van der Waals surface area contributed by atoms with Crippen LogP contribution in [0.25, 0.3) is 16.5 Å². The number of aliphatic hydroxyl groups is 1. The van der Waals surface area contributed by atoms with Crippen LogP contribution in [-0.4, -0.2) is 27.0 Å². The summed E-state index contributed by atoms with van der Waals surface area (Å²) in [5, 5.41) is 22.1. The lowest BCUT2D eigenvalue weighted by Crippen LogP contribution is -2.29. The Bertz CT molecular complexity index is 1360. The molecule has 1 aliphatic heterocycles. The summed E-state index contributed by atoms with van der Waals surface area (Å²) in [6, 6.07) is 21.4. The Morgan fingerprint density at radius 3 is 2.39 bits per heavy atom. The molecule has 0 radical (unpaired) electrons. The molecule has 3 aromatic carbocycles. The molecule has 1 fully saturated rings. The van der Waals surface area contributed by atoms with Crippen molar-refractivity contribution in [2.24, 2.45) is 0 Å². The van der Waals surface area contributed by atoms with Gasteiger partial charge in [0, 0.05) is 5.56 Å². The minimum Gasteiger partial charge on any atom is -0.507 e. The molecule has 7 heteroatoms.